The Hall–Kier alpha value is -2.82. The third-order valence-corrected chi connectivity index (χ3v) is 2.78. The molecule has 0 aliphatic heterocycles. The van der Waals surface area contributed by atoms with Gasteiger partial charge < -0.3 is 4.74 Å². The molecular formula is C15H11N3O2. The maximum absolute atomic E-state index is 10.7. The number of nitrogens with zero attached hydrogens (tertiary/aromatic N) is 3. The number of ether oxygens (including phenoxy) is 1. The number of aromatic nitrogens is 3. The van der Waals surface area contributed by atoms with Crippen molar-refractivity contribution in [2.24, 2.45) is 0 Å². The van der Waals surface area contributed by atoms with E-state index in [2.05, 4.69) is 15.0 Å². The van der Waals surface area contributed by atoms with Gasteiger partial charge >= 0.3 is 0 Å². The minimum absolute atomic E-state index is 0.335. The van der Waals surface area contributed by atoms with Gasteiger partial charge in [0.05, 0.1) is 5.52 Å². The van der Waals surface area contributed by atoms with E-state index in [4.69, 9.17) is 4.74 Å². The third kappa shape index (κ3) is 2.47. The van der Waals surface area contributed by atoms with Crippen LogP contribution in [-0.2, 0) is 0 Å². The largest absolute Gasteiger partial charge is 0.457 e. The van der Waals surface area contributed by atoms with E-state index in [0.29, 0.717) is 23.5 Å². The Morgan fingerprint density at radius 1 is 1.10 bits per heavy atom. The van der Waals surface area contributed by atoms with Crippen LogP contribution in [0.3, 0.4) is 0 Å². The highest BCUT2D eigenvalue weighted by atomic mass is 16.5. The summed E-state index contributed by atoms with van der Waals surface area (Å²) in [4.78, 5) is 23.1. The van der Waals surface area contributed by atoms with E-state index in [1.54, 1.807) is 18.3 Å². The predicted octanol–water partition coefficient (Wildman–Crippen LogP) is 2.94. The molecule has 0 atom stereocenters. The summed E-state index contributed by atoms with van der Waals surface area (Å²) in [6.45, 7) is 1.85. The number of benzene rings is 1. The Balaban J connectivity index is 1.94. The van der Waals surface area contributed by atoms with E-state index >= 15 is 0 Å². The number of fused-ring (bicyclic) bond motifs is 1. The normalized spacial score (nSPS) is 10.4. The lowest BCUT2D eigenvalue weighted by Gasteiger charge is -2.06. The lowest BCUT2D eigenvalue weighted by atomic mass is 10.2. The van der Waals surface area contributed by atoms with Gasteiger partial charge in [0, 0.05) is 23.8 Å². The smallest absolute Gasteiger partial charge is 0.168 e. The van der Waals surface area contributed by atoms with Crippen molar-refractivity contribution in [3.63, 3.8) is 0 Å². The van der Waals surface area contributed by atoms with Gasteiger partial charge in [0.25, 0.3) is 0 Å². The van der Waals surface area contributed by atoms with Gasteiger partial charge in [-0.25, -0.2) is 9.97 Å². The van der Waals surface area contributed by atoms with Gasteiger partial charge in [0.1, 0.15) is 23.0 Å². The fourth-order valence-corrected chi connectivity index (χ4v) is 1.86. The van der Waals surface area contributed by atoms with Gasteiger partial charge in [-0.3, -0.25) is 9.78 Å². The molecule has 3 aromatic rings. The first-order valence-corrected chi connectivity index (χ1v) is 6.07. The van der Waals surface area contributed by atoms with E-state index in [1.807, 2.05) is 25.1 Å². The van der Waals surface area contributed by atoms with Crippen LogP contribution in [0.15, 0.2) is 42.7 Å². The lowest BCUT2D eigenvalue weighted by molar-refractivity contribution is 0.111. The van der Waals surface area contributed by atoms with Crippen molar-refractivity contribution in [1.82, 2.24) is 15.0 Å². The van der Waals surface area contributed by atoms with Crippen LogP contribution >= 0.6 is 0 Å². The van der Waals surface area contributed by atoms with Gasteiger partial charge in [-0.15, -0.1) is 0 Å². The van der Waals surface area contributed by atoms with Crippen molar-refractivity contribution < 1.29 is 9.53 Å². The fourth-order valence-electron chi connectivity index (χ4n) is 1.86. The van der Waals surface area contributed by atoms with Gasteiger partial charge in [0.2, 0.25) is 0 Å². The first-order valence-electron chi connectivity index (χ1n) is 6.07. The van der Waals surface area contributed by atoms with E-state index in [0.717, 1.165) is 16.7 Å². The van der Waals surface area contributed by atoms with Crippen molar-refractivity contribution in [3.05, 3.63) is 54.2 Å². The molecule has 5 heteroatoms. The maximum atomic E-state index is 10.7. The molecule has 0 aliphatic carbocycles. The van der Waals surface area contributed by atoms with Crippen LogP contribution in [0, 0.1) is 6.92 Å². The third-order valence-electron chi connectivity index (χ3n) is 2.78. The molecule has 0 radical (unpaired) electrons. The summed E-state index contributed by atoms with van der Waals surface area (Å²) in [6, 6.07) is 8.85. The summed E-state index contributed by atoms with van der Waals surface area (Å²) in [5, 5.41) is 0.901. The average Bonchev–Trinajstić information content (AvgIpc) is 2.47. The van der Waals surface area contributed by atoms with E-state index in [1.165, 1.54) is 6.20 Å². The SMILES string of the molecule is Cc1ncc2cc(Oc3ccnc(C=O)c3)ccc2n1. The first-order chi connectivity index (χ1) is 9.74. The number of aryl methyl sites for hydroxylation is 1. The molecular weight excluding hydrogens is 254 g/mol. The molecule has 2 aromatic heterocycles. The first kappa shape index (κ1) is 12.2. The van der Waals surface area contributed by atoms with Crippen molar-refractivity contribution in [3.8, 4) is 11.5 Å². The number of pyridine rings is 1. The average molecular weight is 265 g/mol. The highest BCUT2D eigenvalue weighted by Gasteiger charge is 2.02. The van der Waals surface area contributed by atoms with Crippen molar-refractivity contribution >= 4 is 17.2 Å². The summed E-state index contributed by atoms with van der Waals surface area (Å²) in [7, 11) is 0. The molecule has 0 saturated heterocycles. The molecule has 0 amide bonds. The topological polar surface area (TPSA) is 65.0 Å². The standard InChI is InChI=1S/C15H11N3O2/c1-10-17-8-11-6-13(2-3-15(11)18-10)20-14-4-5-16-12(7-14)9-19/h2-9H,1H3. The van der Waals surface area contributed by atoms with Crippen LogP contribution in [0.25, 0.3) is 10.9 Å². The molecule has 20 heavy (non-hydrogen) atoms. The monoisotopic (exact) mass is 265 g/mol. The second-order valence-corrected chi connectivity index (χ2v) is 4.27. The highest BCUT2D eigenvalue weighted by molar-refractivity contribution is 5.79. The summed E-state index contributed by atoms with van der Waals surface area (Å²) < 4.78 is 5.70. The maximum Gasteiger partial charge on any atom is 0.168 e. The summed E-state index contributed by atoms with van der Waals surface area (Å²) in [5.41, 5.74) is 1.20. The predicted molar refractivity (Wildman–Crippen MR) is 74.0 cm³/mol. The Morgan fingerprint density at radius 3 is 2.80 bits per heavy atom. The Labute approximate surface area is 115 Å². The van der Waals surface area contributed by atoms with Crippen LogP contribution < -0.4 is 4.74 Å². The van der Waals surface area contributed by atoms with Gasteiger partial charge in [-0.1, -0.05) is 0 Å². The molecule has 1 aromatic carbocycles. The van der Waals surface area contributed by atoms with E-state index in [-0.39, 0.29) is 0 Å². The number of carbonyl (C=O) groups is 1. The molecule has 98 valence electrons. The molecule has 2 heterocycles. The Kier molecular flexibility index (Phi) is 3.09. The lowest BCUT2D eigenvalue weighted by Crippen LogP contribution is -1.91. The quantitative estimate of drug-likeness (QED) is 0.681. The van der Waals surface area contributed by atoms with Crippen molar-refractivity contribution in [1.29, 1.82) is 0 Å². The number of rotatable bonds is 3. The van der Waals surface area contributed by atoms with Crippen LogP contribution in [0.1, 0.15) is 16.3 Å². The molecule has 0 fully saturated rings. The van der Waals surface area contributed by atoms with Crippen LogP contribution in [-0.4, -0.2) is 21.2 Å². The summed E-state index contributed by atoms with van der Waals surface area (Å²) >= 11 is 0. The zero-order valence-corrected chi connectivity index (χ0v) is 10.8. The summed E-state index contributed by atoms with van der Waals surface area (Å²) in [5.74, 6) is 1.96. The minimum atomic E-state index is 0.335. The Morgan fingerprint density at radius 2 is 1.95 bits per heavy atom. The molecule has 0 aliphatic rings. The molecule has 0 spiro atoms. The van der Waals surface area contributed by atoms with Gasteiger partial charge in [-0.2, -0.15) is 0 Å². The molecule has 0 N–H and O–H groups in total. The van der Waals surface area contributed by atoms with Gasteiger partial charge in [0.15, 0.2) is 6.29 Å². The summed E-state index contributed by atoms with van der Waals surface area (Å²) in [6.07, 6.45) is 3.98. The van der Waals surface area contributed by atoms with E-state index in [9.17, 15) is 4.79 Å². The van der Waals surface area contributed by atoms with E-state index < -0.39 is 0 Å². The van der Waals surface area contributed by atoms with Crippen LogP contribution in [0.2, 0.25) is 0 Å². The van der Waals surface area contributed by atoms with Crippen LogP contribution in [0.5, 0.6) is 11.5 Å². The fraction of sp³-hybridized carbons (Fsp3) is 0.0667. The zero-order valence-electron chi connectivity index (χ0n) is 10.8. The Bertz CT molecular complexity index is 787. The molecule has 0 saturated carbocycles. The molecule has 3 rings (SSSR count). The van der Waals surface area contributed by atoms with Crippen molar-refractivity contribution in [2.75, 3.05) is 0 Å². The number of carbonyl (C=O) groups excluding carboxylic acids is 1. The van der Waals surface area contributed by atoms with Gasteiger partial charge in [-0.05, 0) is 31.2 Å². The molecule has 5 nitrogen and oxygen atoms in total. The second kappa shape index (κ2) is 5.05. The second-order valence-electron chi connectivity index (χ2n) is 4.27. The molecule has 0 unspecified atom stereocenters. The number of aldehydes is 1. The minimum Gasteiger partial charge on any atom is -0.457 e. The number of hydrogen-bond donors (Lipinski definition) is 0. The zero-order chi connectivity index (χ0) is 13.9. The highest BCUT2D eigenvalue weighted by Crippen LogP contribution is 2.24. The van der Waals surface area contributed by atoms with Crippen LogP contribution in [0.4, 0.5) is 0 Å². The molecule has 0 bridgehead atoms. The number of hydrogen-bond acceptors (Lipinski definition) is 5. The van der Waals surface area contributed by atoms with Crippen molar-refractivity contribution in [2.45, 2.75) is 6.92 Å².